The minimum Gasteiger partial charge on any atom is -0.477 e. The third-order valence-corrected chi connectivity index (χ3v) is 2.87. The number of hydrogen-bond donors (Lipinski definition) is 1. The Labute approximate surface area is 119 Å². The number of hydrogen-bond acceptors (Lipinski definition) is 2. The summed E-state index contributed by atoms with van der Waals surface area (Å²) in [5, 5.41) is 4.31. The van der Waals surface area contributed by atoms with Crippen molar-refractivity contribution in [1.29, 1.82) is 0 Å². The molecule has 0 bridgehead atoms. The van der Waals surface area contributed by atoms with E-state index < -0.39 is 0 Å². The first-order valence-corrected chi connectivity index (χ1v) is 6.68. The van der Waals surface area contributed by atoms with Gasteiger partial charge in [-0.25, -0.2) is 0 Å². The van der Waals surface area contributed by atoms with Gasteiger partial charge in [-0.2, -0.15) is 0 Å². The Bertz CT molecular complexity index is 442. The van der Waals surface area contributed by atoms with Gasteiger partial charge in [-0.3, -0.25) is 0 Å². The third-order valence-electron chi connectivity index (χ3n) is 2.35. The molecule has 0 aliphatic carbocycles. The predicted octanol–water partition coefficient (Wildman–Crippen LogP) is 5.42. The third kappa shape index (κ3) is 4.11. The number of halogens is 2. The van der Waals surface area contributed by atoms with Gasteiger partial charge in [0.1, 0.15) is 0 Å². The summed E-state index contributed by atoms with van der Waals surface area (Å²) in [7, 11) is 0. The van der Waals surface area contributed by atoms with E-state index in [0.717, 1.165) is 11.3 Å². The van der Waals surface area contributed by atoms with E-state index in [1.165, 1.54) is 0 Å². The quantitative estimate of drug-likeness (QED) is 0.730. The average Bonchev–Trinajstić information content (AvgIpc) is 2.20. The molecule has 0 fully saturated rings. The van der Waals surface area contributed by atoms with Gasteiger partial charge in [0.15, 0.2) is 5.88 Å². The van der Waals surface area contributed by atoms with Crippen LogP contribution in [-0.2, 0) is 4.74 Å². The van der Waals surface area contributed by atoms with Crippen molar-refractivity contribution in [2.75, 3.05) is 5.32 Å². The van der Waals surface area contributed by atoms with Crippen LogP contribution in [-0.4, -0.2) is 6.10 Å². The summed E-state index contributed by atoms with van der Waals surface area (Å²) in [6.07, 6.45) is 0.0681. The molecule has 0 saturated heterocycles. The molecular weight excluding hydrogens is 269 g/mol. The lowest BCUT2D eigenvalue weighted by molar-refractivity contribution is 0.153. The van der Waals surface area contributed by atoms with Crippen molar-refractivity contribution in [1.82, 2.24) is 0 Å². The lowest BCUT2D eigenvalue weighted by Gasteiger charge is -2.19. The Morgan fingerprint density at radius 2 is 1.83 bits per heavy atom. The number of nitrogens with one attached hydrogen (secondary N) is 1. The second-order valence-corrected chi connectivity index (χ2v) is 5.56. The highest BCUT2D eigenvalue weighted by Crippen LogP contribution is 2.35. The molecule has 1 N–H and O–H groups in total. The molecule has 0 heterocycles. The van der Waals surface area contributed by atoms with Crippen LogP contribution in [0, 0.1) is 0 Å². The molecule has 0 aliphatic rings. The number of rotatable bonds is 5. The standard InChI is InChI=1S/C14H19Cl2NO/c1-8(2)12-6-11(15)7-13(16)14(12)17-10(5)18-9(3)4/h6-9,17H,5H2,1-4H3. The summed E-state index contributed by atoms with van der Waals surface area (Å²) >= 11 is 12.2. The minimum absolute atomic E-state index is 0.0681. The smallest absolute Gasteiger partial charge is 0.183 e. The van der Waals surface area contributed by atoms with E-state index in [0.29, 0.717) is 21.8 Å². The normalized spacial score (nSPS) is 10.9. The first kappa shape index (κ1) is 15.2. The lowest BCUT2D eigenvalue weighted by Crippen LogP contribution is -2.10. The van der Waals surface area contributed by atoms with Crippen molar-refractivity contribution in [3.05, 3.63) is 40.2 Å². The molecule has 1 aromatic carbocycles. The van der Waals surface area contributed by atoms with Crippen molar-refractivity contribution in [2.24, 2.45) is 0 Å². The van der Waals surface area contributed by atoms with E-state index in [4.69, 9.17) is 27.9 Å². The Morgan fingerprint density at radius 1 is 1.22 bits per heavy atom. The summed E-state index contributed by atoms with van der Waals surface area (Å²) in [5.74, 6) is 0.784. The zero-order chi connectivity index (χ0) is 13.9. The number of benzene rings is 1. The summed E-state index contributed by atoms with van der Waals surface area (Å²) < 4.78 is 5.48. The monoisotopic (exact) mass is 287 g/mol. The molecule has 0 amide bonds. The van der Waals surface area contributed by atoms with Crippen LogP contribution in [0.15, 0.2) is 24.6 Å². The van der Waals surface area contributed by atoms with Crippen molar-refractivity contribution < 1.29 is 4.74 Å². The second-order valence-electron chi connectivity index (χ2n) is 4.72. The molecule has 0 aromatic heterocycles. The molecule has 1 aromatic rings. The van der Waals surface area contributed by atoms with Gasteiger partial charge >= 0.3 is 0 Å². The molecule has 0 spiro atoms. The molecule has 100 valence electrons. The molecule has 4 heteroatoms. The number of anilines is 1. The first-order chi connectivity index (χ1) is 8.31. The largest absolute Gasteiger partial charge is 0.477 e. The Morgan fingerprint density at radius 3 is 2.33 bits per heavy atom. The van der Waals surface area contributed by atoms with Crippen LogP contribution in [0.3, 0.4) is 0 Å². The SMILES string of the molecule is C=C(Nc1c(Cl)cc(Cl)cc1C(C)C)OC(C)C. The molecule has 2 nitrogen and oxygen atoms in total. The molecule has 0 saturated carbocycles. The Balaban J connectivity index is 3.04. The van der Waals surface area contributed by atoms with Gasteiger partial charge in [0.2, 0.25) is 0 Å². The average molecular weight is 288 g/mol. The second kappa shape index (κ2) is 6.35. The molecular formula is C14H19Cl2NO. The first-order valence-electron chi connectivity index (χ1n) is 5.92. The molecule has 18 heavy (non-hydrogen) atoms. The lowest BCUT2D eigenvalue weighted by atomic mass is 10.0. The maximum absolute atomic E-state index is 6.22. The van der Waals surface area contributed by atoms with Crippen molar-refractivity contribution in [2.45, 2.75) is 39.7 Å². The molecule has 0 atom stereocenters. The highest BCUT2D eigenvalue weighted by molar-refractivity contribution is 6.36. The van der Waals surface area contributed by atoms with E-state index in [9.17, 15) is 0 Å². The molecule has 1 rings (SSSR count). The van der Waals surface area contributed by atoms with Gasteiger partial charge < -0.3 is 10.1 Å². The van der Waals surface area contributed by atoms with Crippen LogP contribution in [0.5, 0.6) is 0 Å². The Hall–Kier alpha value is -0.860. The van der Waals surface area contributed by atoms with Gasteiger partial charge in [0, 0.05) is 5.02 Å². The topological polar surface area (TPSA) is 21.3 Å². The van der Waals surface area contributed by atoms with Crippen molar-refractivity contribution in [3.8, 4) is 0 Å². The maximum atomic E-state index is 6.22. The fraction of sp³-hybridized carbons (Fsp3) is 0.429. The fourth-order valence-corrected chi connectivity index (χ4v) is 2.19. The summed E-state index contributed by atoms with van der Waals surface area (Å²) in [6, 6.07) is 3.61. The zero-order valence-electron chi connectivity index (χ0n) is 11.2. The molecule has 0 unspecified atom stereocenters. The van der Waals surface area contributed by atoms with Crippen LogP contribution in [0.25, 0.3) is 0 Å². The van der Waals surface area contributed by atoms with Crippen LogP contribution < -0.4 is 5.32 Å². The predicted molar refractivity (Wildman–Crippen MR) is 79.5 cm³/mol. The molecule has 0 radical (unpaired) electrons. The van der Waals surface area contributed by atoms with E-state index in [2.05, 4.69) is 25.7 Å². The zero-order valence-corrected chi connectivity index (χ0v) is 12.7. The minimum atomic E-state index is 0.0681. The summed E-state index contributed by atoms with van der Waals surface area (Å²) in [6.45, 7) is 11.9. The van der Waals surface area contributed by atoms with Crippen LogP contribution in [0.2, 0.25) is 10.0 Å². The van der Waals surface area contributed by atoms with Gasteiger partial charge in [0.05, 0.1) is 16.8 Å². The number of ether oxygens (including phenoxy) is 1. The van der Waals surface area contributed by atoms with E-state index >= 15 is 0 Å². The maximum Gasteiger partial charge on any atom is 0.183 e. The van der Waals surface area contributed by atoms with Crippen LogP contribution >= 0.6 is 23.2 Å². The van der Waals surface area contributed by atoms with Crippen LogP contribution in [0.4, 0.5) is 5.69 Å². The van der Waals surface area contributed by atoms with Crippen LogP contribution in [0.1, 0.15) is 39.2 Å². The van der Waals surface area contributed by atoms with Crippen molar-refractivity contribution in [3.63, 3.8) is 0 Å². The fourth-order valence-electron chi connectivity index (χ4n) is 1.63. The van der Waals surface area contributed by atoms with Crippen molar-refractivity contribution >= 4 is 28.9 Å². The Kier molecular flexibility index (Phi) is 5.36. The van der Waals surface area contributed by atoms with Gasteiger partial charge in [-0.05, 0) is 44.0 Å². The van der Waals surface area contributed by atoms with Gasteiger partial charge in [0.25, 0.3) is 0 Å². The van der Waals surface area contributed by atoms with Gasteiger partial charge in [-0.1, -0.05) is 37.0 Å². The summed E-state index contributed by atoms with van der Waals surface area (Å²) in [4.78, 5) is 0. The van der Waals surface area contributed by atoms with Gasteiger partial charge in [-0.15, -0.1) is 0 Å². The highest BCUT2D eigenvalue weighted by Gasteiger charge is 2.13. The highest BCUT2D eigenvalue weighted by atomic mass is 35.5. The summed E-state index contributed by atoms with van der Waals surface area (Å²) in [5.41, 5.74) is 1.85. The molecule has 0 aliphatic heterocycles. The van der Waals surface area contributed by atoms with E-state index in [1.54, 1.807) is 6.07 Å². The van der Waals surface area contributed by atoms with E-state index in [-0.39, 0.29) is 6.10 Å². The van der Waals surface area contributed by atoms with E-state index in [1.807, 2.05) is 19.9 Å².